The zero-order valence-electron chi connectivity index (χ0n) is 13.8. The molecule has 1 atom stereocenters. The van der Waals surface area contributed by atoms with Crippen molar-refractivity contribution in [1.29, 1.82) is 0 Å². The van der Waals surface area contributed by atoms with Gasteiger partial charge < -0.3 is 11.1 Å². The summed E-state index contributed by atoms with van der Waals surface area (Å²) in [4.78, 5) is 24.4. The van der Waals surface area contributed by atoms with Crippen LogP contribution in [0, 0.1) is 5.92 Å². The van der Waals surface area contributed by atoms with Gasteiger partial charge in [-0.1, -0.05) is 33.6 Å². The van der Waals surface area contributed by atoms with Crippen molar-refractivity contribution < 1.29 is 0 Å². The van der Waals surface area contributed by atoms with Gasteiger partial charge in [0, 0.05) is 19.6 Å². The predicted octanol–water partition coefficient (Wildman–Crippen LogP) is 1.78. The summed E-state index contributed by atoms with van der Waals surface area (Å²) in [6, 6.07) is 0.143. The molecule has 21 heavy (non-hydrogen) atoms. The highest BCUT2D eigenvalue weighted by Crippen LogP contribution is 2.15. The van der Waals surface area contributed by atoms with Crippen LogP contribution in [0.4, 0.5) is 11.5 Å². The van der Waals surface area contributed by atoms with E-state index in [4.69, 9.17) is 5.73 Å². The van der Waals surface area contributed by atoms with Crippen LogP contribution in [0.15, 0.2) is 9.59 Å². The van der Waals surface area contributed by atoms with E-state index in [9.17, 15) is 9.59 Å². The summed E-state index contributed by atoms with van der Waals surface area (Å²) < 4.78 is 2.59. The molecule has 0 aliphatic heterocycles. The van der Waals surface area contributed by atoms with Crippen molar-refractivity contribution in [3.63, 3.8) is 0 Å². The molecule has 0 saturated heterocycles. The molecule has 1 unspecified atom stereocenters. The topological polar surface area (TPSA) is 82.0 Å². The van der Waals surface area contributed by atoms with Crippen LogP contribution in [0.5, 0.6) is 0 Å². The Balaban J connectivity index is 3.23. The number of nitrogens with two attached hydrogens (primary N) is 1. The van der Waals surface area contributed by atoms with Crippen molar-refractivity contribution >= 4 is 11.5 Å². The molecule has 0 amide bonds. The molecule has 3 N–H and O–H groups in total. The third kappa shape index (κ3) is 4.12. The van der Waals surface area contributed by atoms with Crippen molar-refractivity contribution in [3.8, 4) is 0 Å². The first-order valence-electron chi connectivity index (χ1n) is 7.65. The van der Waals surface area contributed by atoms with Gasteiger partial charge in [-0.3, -0.25) is 13.9 Å². The molecular weight excluding hydrogens is 268 g/mol. The fraction of sp³-hybridized carbons (Fsp3) is 0.733. The number of hydrogen-bond acceptors (Lipinski definition) is 4. The molecular formula is C15H28N4O2. The molecule has 0 aliphatic carbocycles. The highest BCUT2D eigenvalue weighted by atomic mass is 16.2. The fourth-order valence-electron chi connectivity index (χ4n) is 2.29. The van der Waals surface area contributed by atoms with Crippen molar-refractivity contribution in [2.45, 2.75) is 59.5 Å². The van der Waals surface area contributed by atoms with Crippen LogP contribution in [0.3, 0.4) is 0 Å². The van der Waals surface area contributed by atoms with Crippen LogP contribution < -0.4 is 22.3 Å². The van der Waals surface area contributed by atoms with Crippen molar-refractivity contribution in [2.75, 3.05) is 11.1 Å². The van der Waals surface area contributed by atoms with E-state index in [-0.39, 0.29) is 29.0 Å². The summed E-state index contributed by atoms with van der Waals surface area (Å²) >= 11 is 0. The number of nitrogens with zero attached hydrogens (tertiary/aromatic N) is 2. The highest BCUT2D eigenvalue weighted by molar-refractivity contribution is 5.61. The maximum atomic E-state index is 12.3. The van der Waals surface area contributed by atoms with Gasteiger partial charge in [0.15, 0.2) is 0 Å². The van der Waals surface area contributed by atoms with Crippen LogP contribution in [0.1, 0.15) is 47.0 Å². The van der Waals surface area contributed by atoms with Crippen LogP contribution >= 0.6 is 0 Å². The van der Waals surface area contributed by atoms with Crippen LogP contribution in [-0.4, -0.2) is 15.2 Å². The third-order valence-electron chi connectivity index (χ3n) is 3.51. The van der Waals surface area contributed by atoms with Crippen LogP contribution in [0.2, 0.25) is 0 Å². The summed E-state index contributed by atoms with van der Waals surface area (Å²) in [6.07, 6.45) is 3.15. The number of rotatable bonds is 7. The average molecular weight is 296 g/mol. The number of nitrogen functional groups attached to an aromatic ring is 1. The lowest BCUT2D eigenvalue weighted by atomic mass is 10.1. The molecule has 1 aromatic rings. The number of nitrogens with one attached hydrogen (secondary N) is 1. The zero-order chi connectivity index (χ0) is 16.2. The Morgan fingerprint density at radius 3 is 2.38 bits per heavy atom. The molecule has 0 spiro atoms. The highest BCUT2D eigenvalue weighted by Gasteiger charge is 2.17. The van der Waals surface area contributed by atoms with E-state index < -0.39 is 0 Å². The number of hydrogen-bond donors (Lipinski definition) is 2. The fourth-order valence-corrected chi connectivity index (χ4v) is 2.29. The Bertz CT molecular complexity index is 587. The smallest absolute Gasteiger partial charge is 0.332 e. The SMILES string of the molecule is CCCCC(C)Nc1c(N)n(CC(C)C)c(=O)n(C)c1=O. The number of unbranched alkanes of at least 4 members (excludes halogenated alkanes) is 1. The van der Waals surface area contributed by atoms with E-state index in [2.05, 4.69) is 12.2 Å². The monoisotopic (exact) mass is 296 g/mol. The summed E-state index contributed by atoms with van der Waals surface area (Å²) in [5.41, 5.74) is 5.68. The third-order valence-corrected chi connectivity index (χ3v) is 3.51. The van der Waals surface area contributed by atoms with E-state index in [1.807, 2.05) is 20.8 Å². The largest absolute Gasteiger partial charge is 0.383 e. The molecule has 0 aliphatic rings. The van der Waals surface area contributed by atoms with Gasteiger partial charge in [0.25, 0.3) is 5.56 Å². The lowest BCUT2D eigenvalue weighted by Crippen LogP contribution is -2.42. The van der Waals surface area contributed by atoms with Crippen molar-refractivity contribution in [1.82, 2.24) is 9.13 Å². The van der Waals surface area contributed by atoms with Gasteiger partial charge in [-0.2, -0.15) is 0 Å². The van der Waals surface area contributed by atoms with Gasteiger partial charge >= 0.3 is 5.69 Å². The number of anilines is 2. The first-order chi connectivity index (χ1) is 9.79. The molecule has 6 heteroatoms. The molecule has 1 rings (SSSR count). The van der Waals surface area contributed by atoms with E-state index in [1.54, 1.807) is 0 Å². The Labute approximate surface area is 126 Å². The minimum Gasteiger partial charge on any atom is -0.383 e. The summed E-state index contributed by atoms with van der Waals surface area (Å²) in [7, 11) is 1.49. The number of aromatic nitrogens is 2. The van der Waals surface area contributed by atoms with E-state index >= 15 is 0 Å². The molecule has 0 bridgehead atoms. The Morgan fingerprint density at radius 2 is 1.86 bits per heavy atom. The van der Waals surface area contributed by atoms with Crippen LogP contribution in [0.25, 0.3) is 0 Å². The summed E-state index contributed by atoms with van der Waals surface area (Å²) in [5, 5.41) is 3.18. The van der Waals surface area contributed by atoms with Gasteiger partial charge in [-0.25, -0.2) is 4.79 Å². The first kappa shape index (κ1) is 17.3. The zero-order valence-corrected chi connectivity index (χ0v) is 13.8. The minimum atomic E-state index is -0.363. The molecule has 0 radical (unpaired) electrons. The molecule has 0 fully saturated rings. The maximum absolute atomic E-state index is 12.3. The minimum absolute atomic E-state index is 0.143. The molecule has 0 saturated carbocycles. The van der Waals surface area contributed by atoms with Gasteiger partial charge in [-0.15, -0.1) is 0 Å². The van der Waals surface area contributed by atoms with Crippen molar-refractivity contribution in [2.24, 2.45) is 13.0 Å². The van der Waals surface area contributed by atoms with E-state index in [0.717, 1.165) is 23.8 Å². The standard InChI is InChI=1S/C15H28N4O2/c1-6-7-8-11(4)17-12-13(16)19(9-10(2)3)15(21)18(5)14(12)20/h10-11,17H,6-9,16H2,1-5H3. The molecule has 1 heterocycles. The second-order valence-electron chi connectivity index (χ2n) is 6.10. The normalized spacial score (nSPS) is 12.7. The lowest BCUT2D eigenvalue weighted by molar-refractivity contribution is 0.493. The lowest BCUT2D eigenvalue weighted by Gasteiger charge is -2.20. The Morgan fingerprint density at radius 1 is 1.24 bits per heavy atom. The quantitative estimate of drug-likeness (QED) is 0.803. The second kappa shape index (κ2) is 7.33. The average Bonchev–Trinajstić information content (AvgIpc) is 2.43. The van der Waals surface area contributed by atoms with E-state index in [0.29, 0.717) is 12.2 Å². The van der Waals surface area contributed by atoms with Gasteiger partial charge in [-0.05, 0) is 19.3 Å². The molecule has 6 nitrogen and oxygen atoms in total. The van der Waals surface area contributed by atoms with E-state index in [1.165, 1.54) is 11.6 Å². The Kier molecular flexibility index (Phi) is 6.05. The second-order valence-corrected chi connectivity index (χ2v) is 6.10. The van der Waals surface area contributed by atoms with Gasteiger partial charge in [0.05, 0.1) is 0 Å². The van der Waals surface area contributed by atoms with Gasteiger partial charge in [0.1, 0.15) is 11.5 Å². The van der Waals surface area contributed by atoms with Gasteiger partial charge in [0.2, 0.25) is 0 Å². The first-order valence-corrected chi connectivity index (χ1v) is 7.65. The molecule has 1 aromatic heterocycles. The maximum Gasteiger partial charge on any atom is 0.332 e. The molecule has 120 valence electrons. The van der Waals surface area contributed by atoms with Crippen molar-refractivity contribution in [3.05, 3.63) is 20.8 Å². The van der Waals surface area contributed by atoms with Crippen LogP contribution in [-0.2, 0) is 13.6 Å². The summed E-state index contributed by atoms with van der Waals surface area (Å²) in [5.74, 6) is 0.507. The summed E-state index contributed by atoms with van der Waals surface area (Å²) in [6.45, 7) is 8.66. The predicted molar refractivity (Wildman–Crippen MR) is 87.8 cm³/mol. The Hall–Kier alpha value is -1.72. The molecule has 0 aromatic carbocycles.